The molecular formula is C17H12N4O. The molecule has 5 heteroatoms. The standard InChI is InChI=1S/C17H12N4O/c22-17-13-8-4-5-9-14(13)18-11-21-16(19-17)10-15(20-21)12-6-2-1-3-7-12/h1-11H,(H,19,22). The predicted molar refractivity (Wildman–Crippen MR) is 85.6 cm³/mol. The first-order chi connectivity index (χ1) is 10.8. The van der Waals surface area contributed by atoms with Crippen molar-refractivity contribution in [1.29, 1.82) is 0 Å². The molecule has 22 heavy (non-hydrogen) atoms. The molecule has 1 amide bonds. The zero-order valence-electron chi connectivity index (χ0n) is 11.6. The summed E-state index contributed by atoms with van der Waals surface area (Å²) in [5.74, 6) is 0.412. The molecule has 0 atom stereocenters. The van der Waals surface area contributed by atoms with Crippen LogP contribution in [0.3, 0.4) is 0 Å². The van der Waals surface area contributed by atoms with Crippen LogP contribution in [0.1, 0.15) is 10.4 Å². The summed E-state index contributed by atoms with van der Waals surface area (Å²) in [6.07, 6.45) is 1.61. The van der Waals surface area contributed by atoms with Crippen molar-refractivity contribution in [2.45, 2.75) is 0 Å². The summed E-state index contributed by atoms with van der Waals surface area (Å²) >= 11 is 0. The number of hydrogen-bond acceptors (Lipinski definition) is 3. The maximum absolute atomic E-state index is 12.3. The lowest BCUT2D eigenvalue weighted by Crippen LogP contribution is -2.17. The second kappa shape index (κ2) is 4.96. The van der Waals surface area contributed by atoms with Gasteiger partial charge in [-0.15, -0.1) is 0 Å². The van der Waals surface area contributed by atoms with Crippen LogP contribution < -0.4 is 5.32 Å². The molecule has 2 aromatic carbocycles. The lowest BCUT2D eigenvalue weighted by molar-refractivity contribution is 0.102. The Kier molecular flexibility index (Phi) is 2.83. The number of aromatic nitrogens is 2. The van der Waals surface area contributed by atoms with Crippen LogP contribution in [0.15, 0.2) is 65.7 Å². The second-order valence-corrected chi connectivity index (χ2v) is 4.94. The minimum Gasteiger partial charge on any atom is -0.306 e. The minimum absolute atomic E-state index is 0.187. The van der Waals surface area contributed by atoms with E-state index in [1.165, 1.54) is 0 Å². The van der Waals surface area contributed by atoms with Crippen molar-refractivity contribution < 1.29 is 4.79 Å². The van der Waals surface area contributed by atoms with Crippen molar-refractivity contribution in [1.82, 2.24) is 9.78 Å². The summed E-state index contributed by atoms with van der Waals surface area (Å²) in [5.41, 5.74) is 2.95. The van der Waals surface area contributed by atoms with Crippen molar-refractivity contribution in [3.63, 3.8) is 0 Å². The van der Waals surface area contributed by atoms with Gasteiger partial charge in [-0.1, -0.05) is 42.5 Å². The maximum atomic E-state index is 12.3. The Bertz CT molecular complexity index is 881. The highest BCUT2D eigenvalue weighted by Gasteiger charge is 2.17. The zero-order valence-corrected chi connectivity index (χ0v) is 11.6. The fraction of sp³-hybridized carbons (Fsp3) is 0. The van der Waals surface area contributed by atoms with Gasteiger partial charge in [-0.05, 0) is 12.1 Å². The van der Waals surface area contributed by atoms with Gasteiger partial charge >= 0.3 is 0 Å². The predicted octanol–water partition coefficient (Wildman–Crippen LogP) is 3.32. The van der Waals surface area contributed by atoms with Crippen molar-refractivity contribution >= 4 is 23.8 Å². The lowest BCUT2D eigenvalue weighted by atomic mass is 10.1. The summed E-state index contributed by atoms with van der Waals surface area (Å²) in [4.78, 5) is 16.7. The number of nitrogens with one attached hydrogen (secondary N) is 1. The van der Waals surface area contributed by atoms with E-state index in [-0.39, 0.29) is 5.91 Å². The van der Waals surface area contributed by atoms with Crippen molar-refractivity contribution in [3.05, 3.63) is 66.2 Å². The second-order valence-electron chi connectivity index (χ2n) is 4.94. The Morgan fingerprint density at radius 1 is 0.955 bits per heavy atom. The van der Waals surface area contributed by atoms with E-state index in [0.29, 0.717) is 17.1 Å². The average molecular weight is 288 g/mol. The van der Waals surface area contributed by atoms with E-state index in [9.17, 15) is 4.79 Å². The number of benzene rings is 2. The topological polar surface area (TPSA) is 59.3 Å². The number of fused-ring (bicyclic) bond motifs is 2. The van der Waals surface area contributed by atoms with E-state index in [1.807, 2.05) is 48.5 Å². The molecule has 0 radical (unpaired) electrons. The van der Waals surface area contributed by atoms with Crippen LogP contribution in [0.4, 0.5) is 11.5 Å². The third kappa shape index (κ3) is 2.09. The van der Waals surface area contributed by atoms with Gasteiger partial charge in [0.2, 0.25) is 0 Å². The largest absolute Gasteiger partial charge is 0.306 e. The van der Waals surface area contributed by atoms with Crippen molar-refractivity contribution in [2.24, 2.45) is 4.99 Å². The smallest absolute Gasteiger partial charge is 0.259 e. The molecule has 1 N–H and O–H groups in total. The molecule has 0 unspecified atom stereocenters. The Hall–Kier alpha value is -3.21. The third-order valence-electron chi connectivity index (χ3n) is 3.50. The highest BCUT2D eigenvalue weighted by Crippen LogP contribution is 2.25. The summed E-state index contributed by atoms with van der Waals surface area (Å²) < 4.78 is 1.58. The SMILES string of the molecule is O=C1Nc2cc(-c3ccccc3)nn2C=Nc2ccccc21. The Labute approximate surface area is 126 Å². The van der Waals surface area contributed by atoms with Gasteiger partial charge in [-0.25, -0.2) is 9.67 Å². The van der Waals surface area contributed by atoms with Gasteiger partial charge in [0, 0.05) is 11.6 Å². The van der Waals surface area contributed by atoms with Gasteiger partial charge < -0.3 is 5.32 Å². The number of aliphatic imine (C=N–C) groups is 1. The van der Waals surface area contributed by atoms with Gasteiger partial charge in [0.1, 0.15) is 12.2 Å². The van der Waals surface area contributed by atoms with Gasteiger partial charge in [-0.3, -0.25) is 4.79 Å². The number of nitrogens with zero attached hydrogens (tertiary/aromatic N) is 3. The fourth-order valence-electron chi connectivity index (χ4n) is 2.40. The van der Waals surface area contributed by atoms with E-state index in [0.717, 1.165) is 11.3 Å². The van der Waals surface area contributed by atoms with Crippen LogP contribution >= 0.6 is 0 Å². The van der Waals surface area contributed by atoms with E-state index in [1.54, 1.807) is 23.2 Å². The molecule has 0 saturated carbocycles. The Morgan fingerprint density at radius 3 is 2.59 bits per heavy atom. The molecular weight excluding hydrogens is 276 g/mol. The number of carbonyl (C=O) groups is 1. The minimum atomic E-state index is -0.187. The number of rotatable bonds is 1. The summed E-state index contributed by atoms with van der Waals surface area (Å²) in [7, 11) is 0. The molecule has 1 aromatic heterocycles. The van der Waals surface area contributed by atoms with E-state index in [4.69, 9.17) is 0 Å². The first-order valence-electron chi connectivity index (χ1n) is 6.91. The van der Waals surface area contributed by atoms with Gasteiger partial charge in [0.25, 0.3) is 5.91 Å². The fourth-order valence-corrected chi connectivity index (χ4v) is 2.40. The molecule has 0 saturated heterocycles. The Balaban J connectivity index is 1.81. The van der Waals surface area contributed by atoms with Crippen molar-refractivity contribution in [3.8, 4) is 11.3 Å². The van der Waals surface area contributed by atoms with Gasteiger partial charge in [-0.2, -0.15) is 5.10 Å². The molecule has 1 aliphatic heterocycles. The van der Waals surface area contributed by atoms with Gasteiger partial charge in [0.15, 0.2) is 0 Å². The average Bonchev–Trinajstić information content (AvgIpc) is 2.95. The molecule has 0 fully saturated rings. The molecule has 0 spiro atoms. The van der Waals surface area contributed by atoms with Crippen LogP contribution in [0.25, 0.3) is 11.3 Å². The molecule has 5 nitrogen and oxygen atoms in total. The highest BCUT2D eigenvalue weighted by atomic mass is 16.1. The summed E-state index contributed by atoms with van der Waals surface area (Å²) in [6.45, 7) is 0. The number of para-hydroxylation sites is 1. The van der Waals surface area contributed by atoms with E-state index < -0.39 is 0 Å². The molecule has 0 bridgehead atoms. The Morgan fingerprint density at radius 2 is 1.73 bits per heavy atom. The van der Waals surface area contributed by atoms with Crippen molar-refractivity contribution in [2.75, 3.05) is 5.32 Å². The summed E-state index contributed by atoms with van der Waals surface area (Å²) in [6, 6.07) is 18.9. The highest BCUT2D eigenvalue weighted by molar-refractivity contribution is 6.08. The molecule has 2 heterocycles. The first-order valence-corrected chi connectivity index (χ1v) is 6.91. The van der Waals surface area contributed by atoms with Gasteiger partial charge in [0.05, 0.1) is 16.9 Å². The lowest BCUT2D eigenvalue weighted by Gasteiger charge is -2.10. The molecule has 1 aliphatic rings. The van der Waals surface area contributed by atoms with Crippen LogP contribution in [0.2, 0.25) is 0 Å². The maximum Gasteiger partial charge on any atom is 0.259 e. The third-order valence-corrected chi connectivity index (χ3v) is 3.50. The molecule has 0 aliphatic carbocycles. The van der Waals surface area contributed by atoms with Crippen LogP contribution in [-0.4, -0.2) is 22.0 Å². The van der Waals surface area contributed by atoms with E-state index in [2.05, 4.69) is 15.4 Å². The normalized spacial score (nSPS) is 12.8. The monoisotopic (exact) mass is 288 g/mol. The zero-order chi connectivity index (χ0) is 14.9. The quantitative estimate of drug-likeness (QED) is 0.746. The van der Waals surface area contributed by atoms with Crippen LogP contribution in [0.5, 0.6) is 0 Å². The number of amides is 1. The number of anilines is 1. The number of hydrogen-bond donors (Lipinski definition) is 1. The molecule has 3 aromatic rings. The number of carbonyl (C=O) groups excluding carboxylic acids is 1. The van der Waals surface area contributed by atoms with Crippen LogP contribution in [-0.2, 0) is 0 Å². The molecule has 106 valence electrons. The molecule has 4 rings (SSSR count). The summed E-state index contributed by atoms with van der Waals surface area (Å²) in [5, 5.41) is 7.36. The van der Waals surface area contributed by atoms with Crippen LogP contribution in [0, 0.1) is 0 Å². The van der Waals surface area contributed by atoms with E-state index >= 15 is 0 Å². The first kappa shape index (κ1) is 12.5.